The molecule has 4 rings (SSSR count). The van der Waals surface area contributed by atoms with Crippen molar-refractivity contribution < 1.29 is 4.79 Å². The number of halogens is 1. The molecule has 1 amide bonds. The van der Waals surface area contributed by atoms with Crippen LogP contribution in [0.1, 0.15) is 12.2 Å². The van der Waals surface area contributed by atoms with Crippen LogP contribution in [0, 0.1) is 0 Å². The Labute approximate surface area is 155 Å². The maximum Gasteiger partial charge on any atom is 0.221 e. The number of nitrogens with one attached hydrogen (secondary N) is 2. The predicted octanol–water partition coefficient (Wildman–Crippen LogP) is 3.32. The quantitative estimate of drug-likeness (QED) is 0.549. The van der Waals surface area contributed by atoms with Crippen LogP contribution < -0.4 is 5.32 Å². The fourth-order valence-electron chi connectivity index (χ4n) is 2.97. The number of rotatable bonds is 6. The second kappa shape index (κ2) is 7.17. The summed E-state index contributed by atoms with van der Waals surface area (Å²) in [4.78, 5) is 24.1. The number of benzene rings is 2. The molecule has 0 radical (unpaired) electrons. The van der Waals surface area contributed by atoms with E-state index in [4.69, 9.17) is 11.6 Å². The van der Waals surface area contributed by atoms with Crippen molar-refractivity contribution in [2.24, 2.45) is 0 Å². The van der Waals surface area contributed by atoms with E-state index in [-0.39, 0.29) is 5.91 Å². The molecule has 0 aliphatic heterocycles. The molecular formula is C19H18ClN5O. The number of hydrogen-bond acceptors (Lipinski definition) is 3. The summed E-state index contributed by atoms with van der Waals surface area (Å²) >= 11 is 5.98. The molecule has 0 aliphatic carbocycles. The Bertz CT molecular complexity index is 1070. The molecule has 6 nitrogen and oxygen atoms in total. The second-order valence-electron chi connectivity index (χ2n) is 6.12. The summed E-state index contributed by atoms with van der Waals surface area (Å²) in [6, 6.07) is 13.4. The van der Waals surface area contributed by atoms with Crippen LogP contribution in [0.4, 0.5) is 0 Å². The molecule has 2 N–H and O–H groups in total. The molecule has 0 saturated heterocycles. The van der Waals surface area contributed by atoms with Gasteiger partial charge in [-0.1, -0.05) is 23.7 Å². The van der Waals surface area contributed by atoms with Crippen molar-refractivity contribution in [2.45, 2.75) is 19.4 Å². The number of fused-ring (bicyclic) bond motifs is 2. The van der Waals surface area contributed by atoms with Crippen molar-refractivity contribution in [1.82, 2.24) is 24.8 Å². The summed E-state index contributed by atoms with van der Waals surface area (Å²) in [7, 11) is 0. The van der Waals surface area contributed by atoms with Crippen LogP contribution in [0.25, 0.3) is 22.1 Å². The Morgan fingerprint density at radius 3 is 3.00 bits per heavy atom. The minimum Gasteiger partial charge on any atom is -0.356 e. The Kier molecular flexibility index (Phi) is 4.58. The van der Waals surface area contributed by atoms with Gasteiger partial charge in [0.05, 0.1) is 28.4 Å². The van der Waals surface area contributed by atoms with E-state index in [2.05, 4.69) is 20.3 Å². The number of para-hydroxylation sites is 2. The first-order chi connectivity index (χ1) is 12.7. The average Bonchev–Trinajstić information content (AvgIpc) is 3.23. The number of imidazole rings is 2. The van der Waals surface area contributed by atoms with Gasteiger partial charge in [-0.3, -0.25) is 4.79 Å². The van der Waals surface area contributed by atoms with E-state index in [0.29, 0.717) is 31.0 Å². The summed E-state index contributed by atoms with van der Waals surface area (Å²) in [6.07, 6.45) is 2.83. The molecule has 0 unspecified atom stereocenters. The summed E-state index contributed by atoms with van der Waals surface area (Å²) in [5, 5.41) is 3.61. The zero-order valence-corrected chi connectivity index (χ0v) is 14.8. The maximum absolute atomic E-state index is 12.1. The molecule has 132 valence electrons. The zero-order valence-electron chi connectivity index (χ0n) is 14.1. The normalized spacial score (nSPS) is 11.3. The van der Waals surface area contributed by atoms with Crippen molar-refractivity contribution in [3.63, 3.8) is 0 Å². The van der Waals surface area contributed by atoms with Crippen LogP contribution in [-0.4, -0.2) is 32.0 Å². The van der Waals surface area contributed by atoms with Gasteiger partial charge in [-0.2, -0.15) is 0 Å². The van der Waals surface area contributed by atoms with E-state index in [0.717, 1.165) is 27.9 Å². The lowest BCUT2D eigenvalue weighted by Gasteiger charge is -2.06. The van der Waals surface area contributed by atoms with Crippen molar-refractivity contribution in [2.75, 3.05) is 6.54 Å². The number of H-pyrrole nitrogens is 1. The summed E-state index contributed by atoms with van der Waals surface area (Å²) in [5.41, 5.74) is 3.77. The molecule has 0 spiro atoms. The third kappa shape index (κ3) is 3.55. The largest absolute Gasteiger partial charge is 0.356 e. The van der Waals surface area contributed by atoms with Gasteiger partial charge in [-0.05, 0) is 30.3 Å². The molecular weight excluding hydrogens is 350 g/mol. The molecule has 2 aromatic heterocycles. The molecule has 0 saturated carbocycles. The van der Waals surface area contributed by atoms with Crippen LogP contribution in [0.5, 0.6) is 0 Å². The van der Waals surface area contributed by atoms with Gasteiger partial charge >= 0.3 is 0 Å². The van der Waals surface area contributed by atoms with Gasteiger partial charge in [0.25, 0.3) is 0 Å². The number of hydrogen-bond donors (Lipinski definition) is 2. The molecule has 2 aromatic carbocycles. The van der Waals surface area contributed by atoms with Crippen LogP contribution in [0.2, 0.25) is 5.02 Å². The Morgan fingerprint density at radius 1 is 1.19 bits per heavy atom. The van der Waals surface area contributed by atoms with E-state index >= 15 is 0 Å². The SMILES string of the molecule is O=C(CCn1cnc2ccccc21)NCCc1nc2ccc(Cl)cc2[nH]1. The number of aryl methyl sites for hydroxylation is 1. The average molecular weight is 368 g/mol. The van der Waals surface area contributed by atoms with Crippen LogP contribution in [0.3, 0.4) is 0 Å². The van der Waals surface area contributed by atoms with Gasteiger partial charge < -0.3 is 14.9 Å². The highest BCUT2D eigenvalue weighted by molar-refractivity contribution is 6.31. The van der Waals surface area contributed by atoms with E-state index in [9.17, 15) is 4.79 Å². The van der Waals surface area contributed by atoms with Crippen molar-refractivity contribution >= 4 is 39.6 Å². The lowest BCUT2D eigenvalue weighted by atomic mass is 10.3. The molecule has 0 aliphatic rings. The third-order valence-electron chi connectivity index (χ3n) is 4.28. The van der Waals surface area contributed by atoms with E-state index in [1.807, 2.05) is 47.0 Å². The predicted molar refractivity (Wildman–Crippen MR) is 102 cm³/mol. The molecule has 2 heterocycles. The van der Waals surface area contributed by atoms with Crippen LogP contribution in [0.15, 0.2) is 48.8 Å². The summed E-state index contributed by atoms with van der Waals surface area (Å²) < 4.78 is 2.00. The highest BCUT2D eigenvalue weighted by Gasteiger charge is 2.07. The Hall–Kier alpha value is -2.86. The maximum atomic E-state index is 12.1. The fraction of sp³-hybridized carbons (Fsp3) is 0.211. The lowest BCUT2D eigenvalue weighted by molar-refractivity contribution is -0.121. The monoisotopic (exact) mass is 367 g/mol. The van der Waals surface area contributed by atoms with Crippen LogP contribution in [-0.2, 0) is 17.8 Å². The fourth-order valence-corrected chi connectivity index (χ4v) is 3.14. The topological polar surface area (TPSA) is 75.6 Å². The van der Waals surface area contributed by atoms with E-state index in [1.54, 1.807) is 6.33 Å². The second-order valence-corrected chi connectivity index (χ2v) is 6.56. The van der Waals surface area contributed by atoms with Gasteiger partial charge in [0.1, 0.15) is 5.82 Å². The van der Waals surface area contributed by atoms with Gasteiger partial charge in [0.15, 0.2) is 0 Å². The number of amides is 1. The summed E-state index contributed by atoms with van der Waals surface area (Å²) in [5.74, 6) is 0.852. The van der Waals surface area contributed by atoms with Crippen LogP contribution >= 0.6 is 11.6 Å². The molecule has 0 fully saturated rings. The van der Waals surface area contributed by atoms with Crippen molar-refractivity contribution in [3.05, 3.63) is 59.6 Å². The standard InChI is InChI=1S/C19H18ClN5O/c20-13-5-6-14-16(11-13)24-18(23-14)7-9-21-19(26)8-10-25-12-22-15-3-1-2-4-17(15)25/h1-6,11-12H,7-10H2,(H,21,26)(H,23,24). The number of aromatic nitrogens is 4. The highest BCUT2D eigenvalue weighted by Crippen LogP contribution is 2.17. The van der Waals surface area contributed by atoms with E-state index < -0.39 is 0 Å². The molecule has 26 heavy (non-hydrogen) atoms. The minimum atomic E-state index is 0.0157. The molecule has 4 aromatic rings. The van der Waals surface area contributed by atoms with Gasteiger partial charge in [-0.15, -0.1) is 0 Å². The molecule has 0 atom stereocenters. The minimum absolute atomic E-state index is 0.0157. The third-order valence-corrected chi connectivity index (χ3v) is 4.52. The zero-order chi connectivity index (χ0) is 17.9. The number of carbonyl (C=O) groups excluding carboxylic acids is 1. The first kappa shape index (κ1) is 16.6. The number of nitrogens with zero attached hydrogens (tertiary/aromatic N) is 3. The number of carbonyl (C=O) groups is 1. The Balaban J connectivity index is 1.28. The van der Waals surface area contributed by atoms with Gasteiger partial charge in [0, 0.05) is 31.0 Å². The van der Waals surface area contributed by atoms with Gasteiger partial charge in [-0.25, -0.2) is 9.97 Å². The molecule has 0 bridgehead atoms. The molecule has 7 heteroatoms. The smallest absolute Gasteiger partial charge is 0.221 e. The first-order valence-corrected chi connectivity index (χ1v) is 8.87. The first-order valence-electron chi connectivity index (χ1n) is 8.50. The number of aromatic amines is 1. The summed E-state index contributed by atoms with van der Waals surface area (Å²) in [6.45, 7) is 1.15. The highest BCUT2D eigenvalue weighted by atomic mass is 35.5. The Morgan fingerprint density at radius 2 is 2.08 bits per heavy atom. The van der Waals surface area contributed by atoms with Gasteiger partial charge in [0.2, 0.25) is 5.91 Å². The van der Waals surface area contributed by atoms with Crippen molar-refractivity contribution in [1.29, 1.82) is 0 Å². The van der Waals surface area contributed by atoms with Crippen molar-refractivity contribution in [3.8, 4) is 0 Å². The van der Waals surface area contributed by atoms with E-state index in [1.165, 1.54) is 0 Å². The lowest BCUT2D eigenvalue weighted by Crippen LogP contribution is -2.26.